The predicted octanol–water partition coefficient (Wildman–Crippen LogP) is 2.37. The Morgan fingerprint density at radius 3 is 2.40 bits per heavy atom. The summed E-state index contributed by atoms with van der Waals surface area (Å²) in [6.07, 6.45) is 0. The van der Waals surface area contributed by atoms with E-state index in [9.17, 15) is 4.21 Å². The topological polar surface area (TPSA) is 47.6 Å². The van der Waals surface area contributed by atoms with Crippen molar-refractivity contribution in [3.8, 4) is 11.5 Å². The highest BCUT2D eigenvalue weighted by Gasteiger charge is 2.18. The molecule has 1 rings (SSSR count). The van der Waals surface area contributed by atoms with Gasteiger partial charge >= 0.3 is 0 Å². The van der Waals surface area contributed by atoms with Crippen LogP contribution in [0.15, 0.2) is 18.2 Å². The van der Waals surface area contributed by atoms with Crippen molar-refractivity contribution >= 4 is 10.8 Å². The Balaban J connectivity index is 2.91. The molecule has 0 aliphatic carbocycles. The molecule has 0 heterocycles. The van der Waals surface area contributed by atoms with Crippen LogP contribution in [0.25, 0.3) is 0 Å². The van der Waals surface area contributed by atoms with Crippen LogP contribution < -0.4 is 14.8 Å². The molecule has 0 aromatic heterocycles. The summed E-state index contributed by atoms with van der Waals surface area (Å²) in [5.41, 5.74) is 1.01. The maximum absolute atomic E-state index is 12.1. The van der Waals surface area contributed by atoms with Crippen molar-refractivity contribution in [2.75, 3.05) is 32.8 Å². The van der Waals surface area contributed by atoms with Crippen LogP contribution in [0.2, 0.25) is 0 Å². The quantitative estimate of drug-likeness (QED) is 0.800. The minimum absolute atomic E-state index is 0.00967. The van der Waals surface area contributed by atoms with Crippen molar-refractivity contribution in [1.82, 2.24) is 5.32 Å². The zero-order valence-corrected chi connectivity index (χ0v) is 13.8. The van der Waals surface area contributed by atoms with E-state index in [0.717, 1.165) is 22.8 Å². The highest BCUT2D eigenvalue weighted by Crippen LogP contribution is 2.29. The third-order valence-corrected chi connectivity index (χ3v) is 4.78. The van der Waals surface area contributed by atoms with E-state index in [2.05, 4.69) is 19.2 Å². The number of methoxy groups -OCH3 is 2. The van der Waals surface area contributed by atoms with Gasteiger partial charge in [-0.3, -0.25) is 4.21 Å². The van der Waals surface area contributed by atoms with Crippen molar-refractivity contribution in [1.29, 1.82) is 0 Å². The van der Waals surface area contributed by atoms with E-state index in [0.29, 0.717) is 11.7 Å². The Morgan fingerprint density at radius 1 is 1.20 bits per heavy atom. The van der Waals surface area contributed by atoms with E-state index in [-0.39, 0.29) is 6.04 Å². The molecule has 4 nitrogen and oxygen atoms in total. The summed E-state index contributed by atoms with van der Waals surface area (Å²) in [6, 6.07) is 5.72. The van der Waals surface area contributed by atoms with Gasteiger partial charge in [0.2, 0.25) is 0 Å². The molecular formula is C15H25NO3S. The first-order chi connectivity index (χ1) is 9.51. The maximum Gasteiger partial charge on any atom is 0.127 e. The fraction of sp³-hybridized carbons (Fsp3) is 0.600. The molecule has 5 heteroatoms. The van der Waals surface area contributed by atoms with Gasteiger partial charge in [0.1, 0.15) is 11.5 Å². The number of hydrogen-bond acceptors (Lipinski definition) is 4. The van der Waals surface area contributed by atoms with Crippen LogP contribution in [0.5, 0.6) is 11.5 Å². The van der Waals surface area contributed by atoms with Crippen molar-refractivity contribution in [2.45, 2.75) is 19.9 Å². The summed E-state index contributed by atoms with van der Waals surface area (Å²) in [5.74, 6) is 3.24. The Hall–Kier alpha value is -1.07. The molecule has 0 aliphatic heterocycles. The van der Waals surface area contributed by atoms with E-state index in [1.807, 2.05) is 25.2 Å². The van der Waals surface area contributed by atoms with Crippen LogP contribution in [-0.4, -0.2) is 37.0 Å². The minimum atomic E-state index is -0.847. The Labute approximate surface area is 124 Å². The predicted molar refractivity (Wildman–Crippen MR) is 84.1 cm³/mol. The second-order valence-electron chi connectivity index (χ2n) is 5.12. The minimum Gasteiger partial charge on any atom is -0.497 e. The van der Waals surface area contributed by atoms with Gasteiger partial charge in [-0.2, -0.15) is 0 Å². The Bertz CT molecular complexity index is 449. The second kappa shape index (κ2) is 8.27. The summed E-state index contributed by atoms with van der Waals surface area (Å²) < 4.78 is 22.7. The van der Waals surface area contributed by atoms with Crippen molar-refractivity contribution in [2.24, 2.45) is 5.92 Å². The highest BCUT2D eigenvalue weighted by molar-refractivity contribution is 7.85. The second-order valence-corrected chi connectivity index (χ2v) is 6.66. The molecule has 20 heavy (non-hydrogen) atoms. The summed E-state index contributed by atoms with van der Waals surface area (Å²) in [6.45, 7) is 4.17. The van der Waals surface area contributed by atoms with E-state index in [1.54, 1.807) is 14.2 Å². The molecule has 1 aromatic carbocycles. The molecule has 2 unspecified atom stereocenters. The number of rotatable bonds is 8. The summed E-state index contributed by atoms with van der Waals surface area (Å²) in [4.78, 5) is 0. The van der Waals surface area contributed by atoms with E-state index >= 15 is 0 Å². The molecule has 0 amide bonds. The molecule has 0 radical (unpaired) electrons. The number of hydrogen-bond donors (Lipinski definition) is 1. The fourth-order valence-corrected chi connectivity index (χ4v) is 3.66. The van der Waals surface area contributed by atoms with Crippen molar-refractivity contribution in [3.63, 3.8) is 0 Å². The van der Waals surface area contributed by atoms with Gasteiger partial charge in [0, 0.05) is 40.0 Å². The van der Waals surface area contributed by atoms with Gasteiger partial charge in [-0.05, 0) is 19.0 Å². The average Bonchev–Trinajstić information content (AvgIpc) is 2.43. The largest absolute Gasteiger partial charge is 0.497 e. The van der Waals surface area contributed by atoms with Crippen LogP contribution in [-0.2, 0) is 10.8 Å². The van der Waals surface area contributed by atoms with Crippen LogP contribution in [0.4, 0.5) is 0 Å². The third-order valence-electron chi connectivity index (χ3n) is 3.04. The van der Waals surface area contributed by atoms with Gasteiger partial charge in [0.05, 0.1) is 14.2 Å². The summed E-state index contributed by atoms with van der Waals surface area (Å²) >= 11 is 0. The lowest BCUT2D eigenvalue weighted by molar-refractivity contribution is 0.387. The van der Waals surface area contributed by atoms with Gasteiger partial charge in [0.25, 0.3) is 0 Å². The molecule has 0 spiro atoms. The maximum atomic E-state index is 12.1. The van der Waals surface area contributed by atoms with Gasteiger partial charge in [0.15, 0.2) is 0 Å². The SMILES string of the molecule is CNC(CS(=O)CC(C)C)c1ccc(OC)cc1OC. The molecule has 0 saturated heterocycles. The molecule has 114 valence electrons. The molecular weight excluding hydrogens is 274 g/mol. The first-order valence-corrected chi connectivity index (χ1v) is 8.24. The first kappa shape index (κ1) is 17.0. The molecule has 0 saturated carbocycles. The van der Waals surface area contributed by atoms with Crippen LogP contribution in [0.1, 0.15) is 25.5 Å². The Kier molecular flexibility index (Phi) is 7.02. The molecule has 0 bridgehead atoms. The standard InChI is InChI=1S/C15H25NO3S/c1-11(2)9-20(17)10-14(16-3)13-7-6-12(18-4)8-15(13)19-5/h6-8,11,14,16H,9-10H2,1-5H3. The molecule has 0 aliphatic rings. The number of ether oxygens (including phenoxy) is 2. The molecule has 1 N–H and O–H groups in total. The highest BCUT2D eigenvalue weighted by atomic mass is 32.2. The Morgan fingerprint density at radius 2 is 1.90 bits per heavy atom. The van der Waals surface area contributed by atoms with Crippen molar-refractivity contribution < 1.29 is 13.7 Å². The van der Waals surface area contributed by atoms with Gasteiger partial charge in [-0.25, -0.2) is 0 Å². The first-order valence-electron chi connectivity index (χ1n) is 6.76. The van der Waals surface area contributed by atoms with E-state index in [1.165, 1.54) is 0 Å². The van der Waals surface area contributed by atoms with E-state index < -0.39 is 10.8 Å². The molecule has 0 fully saturated rings. The van der Waals surface area contributed by atoms with Crippen LogP contribution in [0, 0.1) is 5.92 Å². The fourth-order valence-electron chi connectivity index (χ4n) is 2.06. The smallest absolute Gasteiger partial charge is 0.127 e. The van der Waals surface area contributed by atoms with Crippen molar-refractivity contribution in [3.05, 3.63) is 23.8 Å². The summed E-state index contributed by atoms with van der Waals surface area (Å²) in [7, 11) is 4.29. The van der Waals surface area contributed by atoms with Gasteiger partial charge in [-0.1, -0.05) is 19.9 Å². The summed E-state index contributed by atoms with van der Waals surface area (Å²) in [5, 5.41) is 3.22. The third kappa shape index (κ3) is 4.80. The normalized spacial score (nSPS) is 14.1. The lowest BCUT2D eigenvalue weighted by Crippen LogP contribution is -2.25. The number of benzene rings is 1. The monoisotopic (exact) mass is 299 g/mol. The van der Waals surface area contributed by atoms with Gasteiger partial charge < -0.3 is 14.8 Å². The zero-order valence-electron chi connectivity index (χ0n) is 12.9. The molecule has 1 aromatic rings. The lowest BCUT2D eigenvalue weighted by atomic mass is 10.1. The van der Waals surface area contributed by atoms with E-state index in [4.69, 9.17) is 9.47 Å². The average molecular weight is 299 g/mol. The zero-order chi connectivity index (χ0) is 15.1. The van der Waals surface area contributed by atoms with Crippen LogP contribution >= 0.6 is 0 Å². The molecule has 2 atom stereocenters. The number of nitrogens with one attached hydrogen (secondary N) is 1. The lowest BCUT2D eigenvalue weighted by Gasteiger charge is -2.20. The van der Waals surface area contributed by atoms with Gasteiger partial charge in [-0.15, -0.1) is 0 Å². The van der Waals surface area contributed by atoms with Crippen LogP contribution in [0.3, 0.4) is 0 Å².